The summed E-state index contributed by atoms with van der Waals surface area (Å²) >= 11 is 0. The summed E-state index contributed by atoms with van der Waals surface area (Å²) in [5.74, 6) is 0.0309. The second kappa shape index (κ2) is 6.80. The van der Waals surface area contributed by atoms with Crippen molar-refractivity contribution in [3.05, 3.63) is 83.9 Å². The lowest BCUT2D eigenvalue weighted by Gasteiger charge is -2.26. The molecule has 0 fully saturated rings. The largest absolute Gasteiger partial charge is 0.464 e. The Morgan fingerprint density at radius 2 is 2.00 bits per heavy atom. The maximum Gasteiger partial charge on any atom is 0.254 e. The Balaban J connectivity index is 1.32. The van der Waals surface area contributed by atoms with Gasteiger partial charge < -0.3 is 9.32 Å². The third-order valence-corrected chi connectivity index (χ3v) is 6.06. The third-order valence-electron chi connectivity index (χ3n) is 6.06. The van der Waals surface area contributed by atoms with E-state index in [9.17, 15) is 4.79 Å². The fraction of sp³-hybridized carbons (Fsp3) is 0.160. The van der Waals surface area contributed by atoms with Gasteiger partial charge in [0.25, 0.3) is 5.91 Å². The van der Waals surface area contributed by atoms with Crippen LogP contribution in [-0.4, -0.2) is 32.1 Å². The molecule has 0 bridgehead atoms. The normalized spacial score (nSPS) is 13.6. The summed E-state index contributed by atoms with van der Waals surface area (Å²) in [6.45, 7) is 1.19. The van der Waals surface area contributed by atoms with Gasteiger partial charge in [0.2, 0.25) is 0 Å². The highest BCUT2D eigenvalue weighted by atomic mass is 16.3. The van der Waals surface area contributed by atoms with Crippen molar-refractivity contribution in [2.45, 2.75) is 13.0 Å². The van der Waals surface area contributed by atoms with Gasteiger partial charge in [0.1, 0.15) is 5.58 Å². The van der Waals surface area contributed by atoms with Crippen molar-refractivity contribution in [3.8, 4) is 11.3 Å². The lowest BCUT2D eigenvalue weighted by molar-refractivity contribution is 0.0732. The predicted octanol–water partition coefficient (Wildman–Crippen LogP) is 4.58. The van der Waals surface area contributed by atoms with Crippen molar-refractivity contribution in [1.82, 2.24) is 19.7 Å². The first-order chi connectivity index (χ1) is 15.2. The fourth-order valence-electron chi connectivity index (χ4n) is 4.56. The molecular formula is C25H20N4O2. The van der Waals surface area contributed by atoms with Gasteiger partial charge in [-0.3, -0.25) is 14.5 Å². The zero-order valence-corrected chi connectivity index (χ0v) is 17.1. The zero-order valence-electron chi connectivity index (χ0n) is 17.1. The molecule has 2 aromatic carbocycles. The number of amides is 1. The molecule has 5 aromatic rings. The minimum absolute atomic E-state index is 0.0309. The molecule has 0 unspecified atom stereocenters. The van der Waals surface area contributed by atoms with Gasteiger partial charge in [0.15, 0.2) is 0 Å². The number of rotatable bonds is 2. The van der Waals surface area contributed by atoms with Crippen molar-refractivity contribution in [2.75, 3.05) is 6.54 Å². The Morgan fingerprint density at radius 3 is 2.94 bits per heavy atom. The molecule has 0 N–H and O–H groups in total. The van der Waals surface area contributed by atoms with Crippen LogP contribution >= 0.6 is 0 Å². The molecule has 1 aliphatic rings. The van der Waals surface area contributed by atoms with E-state index in [1.165, 1.54) is 5.56 Å². The van der Waals surface area contributed by atoms with Gasteiger partial charge in [0, 0.05) is 47.3 Å². The molecule has 0 saturated heterocycles. The molecule has 6 heteroatoms. The molecule has 0 radical (unpaired) electrons. The van der Waals surface area contributed by atoms with Gasteiger partial charge in [-0.1, -0.05) is 6.07 Å². The van der Waals surface area contributed by atoms with E-state index in [0.29, 0.717) is 18.7 Å². The summed E-state index contributed by atoms with van der Waals surface area (Å²) in [6, 6.07) is 17.7. The molecule has 4 heterocycles. The van der Waals surface area contributed by atoms with Gasteiger partial charge >= 0.3 is 0 Å². The van der Waals surface area contributed by atoms with Crippen molar-refractivity contribution in [2.24, 2.45) is 7.05 Å². The number of carbonyl (C=O) groups is 1. The van der Waals surface area contributed by atoms with Crippen LogP contribution in [-0.2, 0) is 20.0 Å². The minimum Gasteiger partial charge on any atom is -0.464 e. The van der Waals surface area contributed by atoms with Crippen molar-refractivity contribution in [3.63, 3.8) is 0 Å². The molecule has 3 aromatic heterocycles. The Labute approximate surface area is 178 Å². The van der Waals surface area contributed by atoms with E-state index >= 15 is 0 Å². The number of carbonyl (C=O) groups excluding carboxylic acids is 1. The minimum atomic E-state index is 0.0309. The molecule has 6 rings (SSSR count). The van der Waals surface area contributed by atoms with Crippen LogP contribution in [0.4, 0.5) is 0 Å². The molecular weight excluding hydrogens is 388 g/mol. The number of pyridine rings is 1. The Bertz CT molecular complexity index is 1460. The second-order valence-corrected chi connectivity index (χ2v) is 7.96. The van der Waals surface area contributed by atoms with Crippen LogP contribution in [0.15, 0.2) is 71.5 Å². The lowest BCUT2D eigenvalue weighted by atomic mass is 9.98. The van der Waals surface area contributed by atoms with E-state index in [4.69, 9.17) is 9.52 Å². The quantitative estimate of drug-likeness (QED) is 0.429. The van der Waals surface area contributed by atoms with E-state index in [-0.39, 0.29) is 5.91 Å². The molecule has 0 aliphatic carbocycles. The van der Waals surface area contributed by atoms with Crippen LogP contribution in [0.5, 0.6) is 0 Å². The summed E-state index contributed by atoms with van der Waals surface area (Å²) in [5, 5.41) is 6.81. The summed E-state index contributed by atoms with van der Waals surface area (Å²) in [5.41, 5.74) is 6.87. The third kappa shape index (κ3) is 2.91. The summed E-state index contributed by atoms with van der Waals surface area (Å²) in [7, 11) is 1.97. The van der Waals surface area contributed by atoms with Crippen LogP contribution in [0.25, 0.3) is 33.1 Å². The number of fused-ring (bicyclic) bond motifs is 3. The van der Waals surface area contributed by atoms with E-state index in [2.05, 4.69) is 17.1 Å². The Hall–Kier alpha value is -3.93. The number of furan rings is 1. The first-order valence-electron chi connectivity index (χ1n) is 10.3. The van der Waals surface area contributed by atoms with Crippen LogP contribution in [0.1, 0.15) is 21.6 Å². The molecule has 6 nitrogen and oxygen atoms in total. The number of aromatic nitrogens is 3. The maximum absolute atomic E-state index is 13.2. The highest BCUT2D eigenvalue weighted by Gasteiger charge is 2.27. The monoisotopic (exact) mass is 408 g/mol. The maximum atomic E-state index is 13.2. The van der Waals surface area contributed by atoms with Crippen LogP contribution in [0.2, 0.25) is 0 Å². The zero-order chi connectivity index (χ0) is 20.9. The predicted molar refractivity (Wildman–Crippen MR) is 119 cm³/mol. The molecule has 1 amide bonds. The summed E-state index contributed by atoms with van der Waals surface area (Å²) in [4.78, 5) is 19.4. The standard InChI is InChI=1S/C25H20N4O2/c1-28-24(18-5-7-23-17(14-18)9-12-31-23)20-8-11-29(15-22(20)27-28)25(30)19-4-6-21-16(13-19)3-2-10-26-21/h2-7,9-10,12-14H,8,11,15H2,1H3. The SMILES string of the molecule is Cn1nc2c(c1-c1ccc3occc3c1)CCN(C(=O)c1ccc3ncccc3c1)C2. The smallest absolute Gasteiger partial charge is 0.254 e. The Kier molecular flexibility index (Phi) is 3.93. The number of nitrogens with zero attached hydrogens (tertiary/aromatic N) is 4. The van der Waals surface area contributed by atoms with Crippen molar-refractivity contribution >= 4 is 27.8 Å². The van der Waals surface area contributed by atoms with E-state index in [1.807, 2.05) is 59.1 Å². The first-order valence-corrected chi connectivity index (χ1v) is 10.3. The van der Waals surface area contributed by atoms with Crippen LogP contribution in [0.3, 0.4) is 0 Å². The van der Waals surface area contributed by atoms with Crippen molar-refractivity contribution < 1.29 is 9.21 Å². The molecule has 0 saturated carbocycles. The van der Waals surface area contributed by atoms with E-state index in [0.717, 1.165) is 45.2 Å². The molecule has 152 valence electrons. The van der Waals surface area contributed by atoms with E-state index < -0.39 is 0 Å². The van der Waals surface area contributed by atoms with Gasteiger partial charge in [-0.05, 0) is 55.0 Å². The first kappa shape index (κ1) is 17.9. The van der Waals surface area contributed by atoms with Gasteiger partial charge in [-0.15, -0.1) is 0 Å². The summed E-state index contributed by atoms with van der Waals surface area (Å²) in [6.07, 6.45) is 4.25. The molecule has 1 aliphatic heterocycles. The topological polar surface area (TPSA) is 64.2 Å². The summed E-state index contributed by atoms with van der Waals surface area (Å²) < 4.78 is 7.40. The van der Waals surface area contributed by atoms with Crippen LogP contribution in [0, 0.1) is 0 Å². The molecule has 0 spiro atoms. The van der Waals surface area contributed by atoms with Crippen LogP contribution < -0.4 is 0 Å². The second-order valence-electron chi connectivity index (χ2n) is 7.96. The number of benzene rings is 2. The van der Waals surface area contributed by atoms with Gasteiger partial charge in [-0.25, -0.2) is 0 Å². The Morgan fingerprint density at radius 1 is 1.06 bits per heavy atom. The lowest BCUT2D eigenvalue weighted by Crippen LogP contribution is -2.36. The molecule has 0 atom stereocenters. The molecule has 31 heavy (non-hydrogen) atoms. The average molecular weight is 408 g/mol. The highest BCUT2D eigenvalue weighted by molar-refractivity contribution is 5.98. The highest BCUT2D eigenvalue weighted by Crippen LogP contribution is 2.32. The fourth-order valence-corrected chi connectivity index (χ4v) is 4.56. The van der Waals surface area contributed by atoms with Gasteiger partial charge in [-0.2, -0.15) is 5.10 Å². The van der Waals surface area contributed by atoms with E-state index in [1.54, 1.807) is 12.5 Å². The number of hydrogen-bond acceptors (Lipinski definition) is 4. The number of hydrogen-bond donors (Lipinski definition) is 0. The average Bonchev–Trinajstić information content (AvgIpc) is 3.40. The number of aryl methyl sites for hydroxylation is 1. The van der Waals surface area contributed by atoms with Gasteiger partial charge in [0.05, 0.1) is 29.7 Å². The van der Waals surface area contributed by atoms with Crippen molar-refractivity contribution in [1.29, 1.82) is 0 Å².